The fourth-order valence-corrected chi connectivity index (χ4v) is 2.61. The smallest absolute Gasteiger partial charge is 0.134 e. The van der Waals surface area contributed by atoms with Crippen molar-refractivity contribution in [1.29, 1.82) is 0 Å². The van der Waals surface area contributed by atoms with Gasteiger partial charge in [-0.15, -0.1) is 0 Å². The summed E-state index contributed by atoms with van der Waals surface area (Å²) in [7, 11) is 1.90. The first-order valence-corrected chi connectivity index (χ1v) is 7.16. The van der Waals surface area contributed by atoms with Crippen molar-refractivity contribution in [2.45, 2.75) is 25.2 Å². The monoisotopic (exact) mass is 267 g/mol. The maximum atomic E-state index is 5.56. The second-order valence-corrected chi connectivity index (χ2v) is 5.44. The maximum absolute atomic E-state index is 5.56. The van der Waals surface area contributed by atoms with Crippen LogP contribution in [0.25, 0.3) is 11.3 Å². The minimum Gasteiger partial charge on any atom is -0.493 e. The van der Waals surface area contributed by atoms with E-state index in [1.807, 2.05) is 13.1 Å². The van der Waals surface area contributed by atoms with Gasteiger partial charge in [-0.25, -0.2) is 9.97 Å². The molecule has 0 radical (unpaired) electrons. The number of benzene rings is 1. The summed E-state index contributed by atoms with van der Waals surface area (Å²) in [6, 6.07) is 8.35. The Morgan fingerprint density at radius 2 is 2.10 bits per heavy atom. The van der Waals surface area contributed by atoms with Crippen molar-refractivity contribution in [3.8, 4) is 17.0 Å². The average Bonchev–Trinajstić information content (AvgIpc) is 3.24. The van der Waals surface area contributed by atoms with Crippen LogP contribution in [0.3, 0.4) is 0 Å². The summed E-state index contributed by atoms with van der Waals surface area (Å²) in [4.78, 5) is 9.31. The number of fused-ring (bicyclic) bond motifs is 1. The molecule has 4 heteroatoms. The van der Waals surface area contributed by atoms with Crippen molar-refractivity contribution in [2.75, 3.05) is 19.0 Å². The van der Waals surface area contributed by atoms with Gasteiger partial charge in [-0.3, -0.25) is 0 Å². The molecule has 1 aliphatic carbocycles. The van der Waals surface area contributed by atoms with Crippen LogP contribution in [0, 0.1) is 0 Å². The fourth-order valence-electron chi connectivity index (χ4n) is 2.61. The van der Waals surface area contributed by atoms with Crippen molar-refractivity contribution in [3.05, 3.63) is 35.7 Å². The molecule has 2 aliphatic rings. The lowest BCUT2D eigenvalue weighted by Gasteiger charge is -2.08. The second kappa shape index (κ2) is 4.47. The van der Waals surface area contributed by atoms with E-state index < -0.39 is 0 Å². The summed E-state index contributed by atoms with van der Waals surface area (Å²) < 4.78 is 5.56. The SMILES string of the molecule is CNc1cc(-c2ccc3c(c2)CCO3)nc(C2CC2)n1. The van der Waals surface area contributed by atoms with Crippen LogP contribution in [-0.2, 0) is 6.42 Å². The van der Waals surface area contributed by atoms with Gasteiger partial charge < -0.3 is 10.1 Å². The Bertz CT molecular complexity index is 665. The Balaban J connectivity index is 1.78. The van der Waals surface area contributed by atoms with Gasteiger partial charge in [-0.2, -0.15) is 0 Å². The molecule has 0 unspecified atom stereocenters. The van der Waals surface area contributed by atoms with Crippen molar-refractivity contribution in [1.82, 2.24) is 9.97 Å². The molecule has 4 nitrogen and oxygen atoms in total. The molecule has 1 saturated carbocycles. The molecular weight excluding hydrogens is 250 g/mol. The molecule has 2 aromatic rings. The molecule has 0 spiro atoms. The normalized spacial score (nSPS) is 16.6. The highest BCUT2D eigenvalue weighted by molar-refractivity contribution is 5.65. The van der Waals surface area contributed by atoms with Gasteiger partial charge >= 0.3 is 0 Å². The van der Waals surface area contributed by atoms with Crippen LogP contribution >= 0.6 is 0 Å². The number of nitrogens with one attached hydrogen (secondary N) is 1. The molecule has 0 bridgehead atoms. The zero-order valence-corrected chi connectivity index (χ0v) is 11.5. The van der Waals surface area contributed by atoms with Crippen LogP contribution in [0.5, 0.6) is 5.75 Å². The quantitative estimate of drug-likeness (QED) is 0.928. The highest BCUT2D eigenvalue weighted by atomic mass is 16.5. The molecular formula is C16H17N3O. The van der Waals surface area contributed by atoms with Crippen LogP contribution in [0.2, 0.25) is 0 Å². The molecule has 0 saturated heterocycles. The average molecular weight is 267 g/mol. The molecule has 0 amide bonds. The number of nitrogens with zero attached hydrogens (tertiary/aromatic N) is 2. The summed E-state index contributed by atoms with van der Waals surface area (Å²) >= 11 is 0. The number of rotatable bonds is 3. The number of hydrogen-bond donors (Lipinski definition) is 1. The highest BCUT2D eigenvalue weighted by Crippen LogP contribution is 2.39. The summed E-state index contributed by atoms with van der Waals surface area (Å²) in [6.07, 6.45) is 3.41. The molecule has 1 fully saturated rings. The van der Waals surface area contributed by atoms with Gasteiger partial charge in [0.2, 0.25) is 0 Å². The van der Waals surface area contributed by atoms with Crippen LogP contribution in [0.15, 0.2) is 24.3 Å². The van der Waals surface area contributed by atoms with Gasteiger partial charge in [-0.1, -0.05) is 0 Å². The van der Waals surface area contributed by atoms with Gasteiger partial charge in [-0.05, 0) is 36.6 Å². The number of ether oxygens (including phenoxy) is 1. The number of hydrogen-bond acceptors (Lipinski definition) is 4. The number of aromatic nitrogens is 2. The van der Waals surface area contributed by atoms with Crippen LogP contribution in [0.4, 0.5) is 5.82 Å². The Kier molecular flexibility index (Phi) is 2.62. The third kappa shape index (κ3) is 2.01. The topological polar surface area (TPSA) is 47.0 Å². The zero-order chi connectivity index (χ0) is 13.5. The van der Waals surface area contributed by atoms with Gasteiger partial charge in [0.15, 0.2) is 0 Å². The van der Waals surface area contributed by atoms with Crippen molar-refractivity contribution < 1.29 is 4.74 Å². The van der Waals surface area contributed by atoms with E-state index in [0.717, 1.165) is 41.7 Å². The highest BCUT2D eigenvalue weighted by Gasteiger charge is 2.27. The first kappa shape index (κ1) is 11.7. The largest absolute Gasteiger partial charge is 0.493 e. The van der Waals surface area contributed by atoms with E-state index in [0.29, 0.717) is 5.92 Å². The summed E-state index contributed by atoms with van der Waals surface area (Å²) in [5, 5.41) is 3.14. The summed E-state index contributed by atoms with van der Waals surface area (Å²) in [6.45, 7) is 0.789. The third-order valence-electron chi connectivity index (χ3n) is 3.93. The van der Waals surface area contributed by atoms with E-state index in [9.17, 15) is 0 Å². The van der Waals surface area contributed by atoms with E-state index in [4.69, 9.17) is 9.72 Å². The van der Waals surface area contributed by atoms with Crippen molar-refractivity contribution in [2.24, 2.45) is 0 Å². The lowest BCUT2D eigenvalue weighted by molar-refractivity contribution is 0.357. The molecule has 1 N–H and O–H groups in total. The van der Waals surface area contributed by atoms with Crippen LogP contribution in [0.1, 0.15) is 30.1 Å². The Morgan fingerprint density at radius 3 is 2.90 bits per heavy atom. The van der Waals surface area contributed by atoms with Gasteiger partial charge in [0, 0.05) is 31.0 Å². The van der Waals surface area contributed by atoms with Crippen molar-refractivity contribution in [3.63, 3.8) is 0 Å². The Morgan fingerprint density at radius 1 is 1.20 bits per heavy atom. The standard InChI is InChI=1S/C16H17N3O/c1-17-15-9-13(18-16(19-15)10-2-3-10)11-4-5-14-12(8-11)6-7-20-14/h4-5,8-10H,2-3,6-7H2,1H3,(H,17,18,19). The van der Waals surface area contributed by atoms with E-state index >= 15 is 0 Å². The summed E-state index contributed by atoms with van der Waals surface area (Å²) in [5.74, 6) is 3.44. The molecule has 2 heterocycles. The molecule has 1 aromatic carbocycles. The lowest BCUT2D eigenvalue weighted by atomic mass is 10.1. The zero-order valence-electron chi connectivity index (χ0n) is 11.5. The summed E-state index contributed by atoms with van der Waals surface area (Å²) in [5.41, 5.74) is 3.43. The Labute approximate surface area is 118 Å². The predicted octanol–water partition coefficient (Wildman–Crippen LogP) is 3.00. The predicted molar refractivity (Wildman–Crippen MR) is 78.2 cm³/mol. The van der Waals surface area contributed by atoms with E-state index in [2.05, 4.69) is 28.5 Å². The van der Waals surface area contributed by atoms with Crippen molar-refractivity contribution >= 4 is 5.82 Å². The van der Waals surface area contributed by atoms with Crippen LogP contribution < -0.4 is 10.1 Å². The first-order valence-electron chi connectivity index (χ1n) is 7.16. The lowest BCUT2D eigenvalue weighted by Crippen LogP contribution is -2.00. The van der Waals surface area contributed by atoms with Crippen LogP contribution in [-0.4, -0.2) is 23.6 Å². The Hall–Kier alpha value is -2.10. The number of anilines is 1. The maximum Gasteiger partial charge on any atom is 0.134 e. The molecule has 1 aromatic heterocycles. The third-order valence-corrected chi connectivity index (χ3v) is 3.93. The van der Waals surface area contributed by atoms with E-state index in [1.54, 1.807) is 0 Å². The molecule has 0 atom stereocenters. The van der Waals surface area contributed by atoms with E-state index in [-0.39, 0.29) is 0 Å². The minimum atomic E-state index is 0.555. The van der Waals surface area contributed by atoms with Gasteiger partial charge in [0.25, 0.3) is 0 Å². The molecule has 102 valence electrons. The molecule has 4 rings (SSSR count). The molecule has 20 heavy (non-hydrogen) atoms. The minimum absolute atomic E-state index is 0.555. The van der Waals surface area contributed by atoms with Gasteiger partial charge in [0.05, 0.1) is 12.3 Å². The van der Waals surface area contributed by atoms with E-state index in [1.165, 1.54) is 18.4 Å². The van der Waals surface area contributed by atoms with Gasteiger partial charge in [0.1, 0.15) is 17.4 Å². The molecule has 1 aliphatic heterocycles. The second-order valence-electron chi connectivity index (χ2n) is 5.44. The first-order chi connectivity index (χ1) is 9.83. The fraction of sp³-hybridized carbons (Fsp3) is 0.375.